The van der Waals surface area contributed by atoms with Crippen LogP contribution >= 0.6 is 11.6 Å². The van der Waals surface area contributed by atoms with Crippen LogP contribution in [0.15, 0.2) is 36.4 Å². The van der Waals surface area contributed by atoms with Crippen LogP contribution in [0.4, 0.5) is 0 Å². The smallest absolute Gasteiger partial charge is 0.251 e. The average molecular weight is 428 g/mol. The van der Waals surface area contributed by atoms with E-state index in [1.54, 1.807) is 23.1 Å². The summed E-state index contributed by atoms with van der Waals surface area (Å²) in [7, 11) is 3.04. The number of H-pyrrole nitrogens is 1. The van der Waals surface area contributed by atoms with E-state index >= 15 is 0 Å². The van der Waals surface area contributed by atoms with Gasteiger partial charge in [-0.15, -0.1) is 0 Å². The molecule has 0 bridgehead atoms. The third-order valence-electron chi connectivity index (χ3n) is 5.34. The molecule has 8 heteroatoms. The molecule has 2 heterocycles. The van der Waals surface area contributed by atoms with Crippen LogP contribution in [0.1, 0.15) is 21.6 Å². The highest BCUT2D eigenvalue weighted by Crippen LogP contribution is 2.30. The third kappa shape index (κ3) is 3.80. The molecule has 0 atom stereocenters. The first-order chi connectivity index (χ1) is 14.5. The number of fused-ring (bicyclic) bond motifs is 3. The van der Waals surface area contributed by atoms with Crippen LogP contribution in [-0.4, -0.2) is 49.0 Å². The van der Waals surface area contributed by atoms with Gasteiger partial charge < -0.3 is 24.7 Å². The molecule has 4 rings (SSSR count). The molecule has 0 fully saturated rings. The average Bonchev–Trinajstić information content (AvgIpc) is 3.13. The molecule has 0 saturated heterocycles. The lowest BCUT2D eigenvalue weighted by Gasteiger charge is -2.27. The molecule has 0 unspecified atom stereocenters. The normalized spacial score (nSPS) is 13.1. The Bertz CT molecular complexity index is 1130. The largest absolute Gasteiger partial charge is 0.493 e. The van der Waals surface area contributed by atoms with Crippen LogP contribution in [0.2, 0.25) is 5.02 Å². The molecular weight excluding hydrogens is 406 g/mol. The Kier molecular flexibility index (Phi) is 5.55. The summed E-state index contributed by atoms with van der Waals surface area (Å²) in [6, 6.07) is 10.6. The van der Waals surface area contributed by atoms with Crippen molar-refractivity contribution in [3.8, 4) is 11.5 Å². The van der Waals surface area contributed by atoms with Gasteiger partial charge in [-0.2, -0.15) is 0 Å². The van der Waals surface area contributed by atoms with Gasteiger partial charge in [0.15, 0.2) is 11.5 Å². The second-order valence-corrected chi connectivity index (χ2v) is 7.53. The summed E-state index contributed by atoms with van der Waals surface area (Å²) in [4.78, 5) is 30.4. The SMILES string of the molecule is COc1ccc(C(=O)NCC(=O)N2CCc3[nH]c4ccc(Cl)cc4c3C2)cc1OC. The van der Waals surface area contributed by atoms with E-state index in [0.717, 1.165) is 28.6 Å². The molecule has 0 aliphatic carbocycles. The van der Waals surface area contributed by atoms with E-state index in [9.17, 15) is 9.59 Å². The molecule has 30 heavy (non-hydrogen) atoms. The van der Waals surface area contributed by atoms with Gasteiger partial charge in [-0.05, 0) is 36.4 Å². The van der Waals surface area contributed by atoms with E-state index in [0.29, 0.717) is 35.2 Å². The summed E-state index contributed by atoms with van der Waals surface area (Å²) < 4.78 is 10.4. The summed E-state index contributed by atoms with van der Waals surface area (Å²) in [5, 5.41) is 4.39. The highest BCUT2D eigenvalue weighted by Gasteiger charge is 2.24. The topological polar surface area (TPSA) is 83.7 Å². The number of amides is 2. The molecule has 2 N–H and O–H groups in total. The third-order valence-corrected chi connectivity index (χ3v) is 5.57. The van der Waals surface area contributed by atoms with Crippen molar-refractivity contribution < 1.29 is 19.1 Å². The van der Waals surface area contributed by atoms with Gasteiger partial charge >= 0.3 is 0 Å². The first kappa shape index (κ1) is 20.1. The van der Waals surface area contributed by atoms with E-state index in [1.807, 2.05) is 18.2 Å². The minimum atomic E-state index is -0.346. The first-order valence-corrected chi connectivity index (χ1v) is 9.95. The van der Waals surface area contributed by atoms with Crippen molar-refractivity contribution in [1.29, 1.82) is 0 Å². The van der Waals surface area contributed by atoms with Crippen molar-refractivity contribution in [2.24, 2.45) is 0 Å². The first-order valence-electron chi connectivity index (χ1n) is 9.57. The predicted molar refractivity (Wildman–Crippen MR) is 114 cm³/mol. The predicted octanol–water partition coefficient (Wildman–Crippen LogP) is 3.15. The fourth-order valence-electron chi connectivity index (χ4n) is 3.75. The van der Waals surface area contributed by atoms with Gasteiger partial charge in [-0.25, -0.2) is 0 Å². The number of methoxy groups -OCH3 is 2. The monoisotopic (exact) mass is 427 g/mol. The molecule has 0 radical (unpaired) electrons. The number of carbonyl (C=O) groups is 2. The lowest BCUT2D eigenvalue weighted by atomic mass is 10.0. The number of ether oxygens (including phenoxy) is 2. The number of nitrogens with one attached hydrogen (secondary N) is 2. The zero-order valence-corrected chi connectivity index (χ0v) is 17.5. The van der Waals surface area contributed by atoms with E-state index in [-0.39, 0.29) is 18.4 Å². The molecule has 156 valence electrons. The summed E-state index contributed by atoms with van der Waals surface area (Å²) in [5.74, 6) is 0.512. The highest BCUT2D eigenvalue weighted by molar-refractivity contribution is 6.31. The Hall–Kier alpha value is -3.19. The number of halogens is 1. The molecule has 3 aromatic rings. The number of aromatic nitrogens is 1. The number of rotatable bonds is 5. The summed E-state index contributed by atoms with van der Waals surface area (Å²) in [5.41, 5.74) is 3.62. The standard InChI is InChI=1S/C22H22ClN3O4/c1-29-19-6-3-13(9-20(19)30-2)22(28)24-11-21(27)26-8-7-18-16(12-26)15-10-14(23)4-5-17(15)25-18/h3-6,9-10,25H,7-8,11-12H2,1-2H3,(H,24,28). The molecular formula is C22H22ClN3O4. The summed E-state index contributed by atoms with van der Waals surface area (Å²) in [6.45, 7) is 1.00. The minimum Gasteiger partial charge on any atom is -0.493 e. The van der Waals surface area contributed by atoms with E-state index in [4.69, 9.17) is 21.1 Å². The number of nitrogens with zero attached hydrogens (tertiary/aromatic N) is 1. The van der Waals surface area contributed by atoms with E-state index in [2.05, 4.69) is 10.3 Å². The van der Waals surface area contributed by atoms with Crippen LogP contribution in [0.5, 0.6) is 11.5 Å². The quantitative estimate of drug-likeness (QED) is 0.655. The van der Waals surface area contributed by atoms with Gasteiger partial charge in [-0.1, -0.05) is 11.6 Å². The maximum Gasteiger partial charge on any atom is 0.251 e. The van der Waals surface area contributed by atoms with Gasteiger partial charge in [-0.3, -0.25) is 9.59 Å². The molecule has 1 aliphatic rings. The van der Waals surface area contributed by atoms with Crippen molar-refractivity contribution in [3.63, 3.8) is 0 Å². The molecule has 0 saturated carbocycles. The maximum atomic E-state index is 12.7. The fraction of sp³-hybridized carbons (Fsp3) is 0.273. The minimum absolute atomic E-state index is 0.0778. The lowest BCUT2D eigenvalue weighted by molar-refractivity contribution is -0.131. The van der Waals surface area contributed by atoms with Crippen molar-refractivity contribution in [1.82, 2.24) is 15.2 Å². The second-order valence-electron chi connectivity index (χ2n) is 7.09. The van der Waals surface area contributed by atoms with Crippen LogP contribution in [0.25, 0.3) is 10.9 Å². The van der Waals surface area contributed by atoms with Crippen LogP contribution in [-0.2, 0) is 17.8 Å². The van der Waals surface area contributed by atoms with E-state index < -0.39 is 0 Å². The van der Waals surface area contributed by atoms with E-state index in [1.165, 1.54) is 14.2 Å². The number of aromatic amines is 1. The van der Waals surface area contributed by atoms with Gasteiger partial charge in [0.25, 0.3) is 5.91 Å². The van der Waals surface area contributed by atoms with Crippen molar-refractivity contribution in [2.75, 3.05) is 27.3 Å². The highest BCUT2D eigenvalue weighted by atomic mass is 35.5. The molecule has 1 aromatic heterocycles. The molecule has 2 amide bonds. The van der Waals surface area contributed by atoms with Gasteiger partial charge in [0.05, 0.1) is 20.8 Å². The lowest BCUT2D eigenvalue weighted by Crippen LogP contribution is -2.42. The molecule has 7 nitrogen and oxygen atoms in total. The molecule has 0 spiro atoms. The number of hydrogen-bond donors (Lipinski definition) is 2. The zero-order valence-electron chi connectivity index (χ0n) is 16.8. The Labute approximate surface area is 178 Å². The van der Waals surface area contributed by atoms with Gasteiger partial charge in [0.1, 0.15) is 0 Å². The second kappa shape index (κ2) is 8.28. The van der Waals surface area contributed by atoms with Crippen LogP contribution in [0.3, 0.4) is 0 Å². The fourth-order valence-corrected chi connectivity index (χ4v) is 3.92. The number of carbonyl (C=O) groups excluding carboxylic acids is 2. The summed E-state index contributed by atoms with van der Waals surface area (Å²) in [6.07, 6.45) is 0.733. The number of hydrogen-bond acceptors (Lipinski definition) is 4. The van der Waals surface area contributed by atoms with Crippen LogP contribution < -0.4 is 14.8 Å². The Morgan fingerprint density at radius 3 is 2.70 bits per heavy atom. The van der Waals surface area contributed by atoms with Crippen LogP contribution in [0, 0.1) is 0 Å². The van der Waals surface area contributed by atoms with Crippen molar-refractivity contribution in [3.05, 3.63) is 58.2 Å². The Morgan fingerprint density at radius 1 is 1.13 bits per heavy atom. The zero-order chi connectivity index (χ0) is 21.3. The Balaban J connectivity index is 1.42. The van der Waals surface area contributed by atoms with Gasteiger partial charge in [0, 0.05) is 52.3 Å². The maximum absolute atomic E-state index is 12.7. The summed E-state index contributed by atoms with van der Waals surface area (Å²) >= 11 is 6.14. The van der Waals surface area contributed by atoms with Crippen molar-refractivity contribution in [2.45, 2.75) is 13.0 Å². The Morgan fingerprint density at radius 2 is 1.93 bits per heavy atom. The molecule has 2 aromatic carbocycles. The number of benzene rings is 2. The van der Waals surface area contributed by atoms with Crippen molar-refractivity contribution >= 4 is 34.3 Å². The molecule has 1 aliphatic heterocycles. The van der Waals surface area contributed by atoms with Gasteiger partial charge in [0.2, 0.25) is 5.91 Å².